The average molecular weight is 243 g/mol. The Morgan fingerprint density at radius 1 is 1.22 bits per heavy atom. The van der Waals surface area contributed by atoms with Gasteiger partial charge >= 0.3 is 0 Å². The lowest BCUT2D eigenvalue weighted by Crippen LogP contribution is -2.07. The second-order valence-electron chi connectivity index (χ2n) is 3.98. The van der Waals surface area contributed by atoms with Gasteiger partial charge in [0.1, 0.15) is 17.5 Å². The maximum atomic E-state index is 4.50. The van der Waals surface area contributed by atoms with Crippen LogP contribution in [0.1, 0.15) is 11.6 Å². The molecule has 0 aliphatic carbocycles. The van der Waals surface area contributed by atoms with Crippen LogP contribution in [0.25, 0.3) is 11.5 Å². The zero-order valence-electron chi connectivity index (χ0n) is 10.4. The van der Waals surface area contributed by atoms with Crippen LogP contribution in [0.3, 0.4) is 0 Å². The van der Waals surface area contributed by atoms with Crippen molar-refractivity contribution in [1.82, 2.24) is 29.1 Å². The number of nitrogens with zero attached hydrogens (tertiary/aromatic N) is 6. The van der Waals surface area contributed by atoms with Crippen molar-refractivity contribution in [3.63, 3.8) is 0 Å². The van der Waals surface area contributed by atoms with Crippen LogP contribution < -0.4 is 5.32 Å². The Bertz CT molecular complexity index is 709. The van der Waals surface area contributed by atoms with E-state index in [1.54, 1.807) is 10.9 Å². The van der Waals surface area contributed by atoms with Crippen molar-refractivity contribution in [2.24, 2.45) is 0 Å². The number of hydrogen-bond donors (Lipinski definition) is 1. The predicted octanol–water partition coefficient (Wildman–Crippen LogP) is 0.969. The number of hydrogen-bond acceptors (Lipinski definition) is 5. The van der Waals surface area contributed by atoms with Gasteiger partial charge in [0.05, 0.1) is 6.20 Å². The Morgan fingerprint density at radius 3 is 2.72 bits per heavy atom. The van der Waals surface area contributed by atoms with E-state index in [9.17, 15) is 0 Å². The summed E-state index contributed by atoms with van der Waals surface area (Å²) >= 11 is 0. The van der Waals surface area contributed by atoms with E-state index in [-0.39, 0.29) is 0 Å². The quantitative estimate of drug-likeness (QED) is 0.726. The van der Waals surface area contributed by atoms with Crippen LogP contribution in [0, 0.1) is 13.8 Å². The third-order valence-corrected chi connectivity index (χ3v) is 2.69. The summed E-state index contributed by atoms with van der Waals surface area (Å²) in [5, 5.41) is 7.37. The first-order valence-corrected chi connectivity index (χ1v) is 5.61. The zero-order chi connectivity index (χ0) is 12.7. The SMILES string of the molecule is CNc1cn2ccnc2c(-n2nc(C)nc2C)n1. The normalized spacial score (nSPS) is 11.1. The highest BCUT2D eigenvalue weighted by Crippen LogP contribution is 2.16. The lowest BCUT2D eigenvalue weighted by atomic mass is 10.5. The largest absolute Gasteiger partial charge is 0.372 e. The van der Waals surface area contributed by atoms with E-state index in [0.717, 1.165) is 17.3 Å². The standard InChI is InChI=1S/C11H13N7/c1-7-14-8(2)18(16-7)11-10-13-4-5-17(10)6-9(12-3)15-11/h4-6,12H,1-3H3. The highest BCUT2D eigenvalue weighted by atomic mass is 15.4. The summed E-state index contributed by atoms with van der Waals surface area (Å²) in [4.78, 5) is 13.1. The van der Waals surface area contributed by atoms with Gasteiger partial charge < -0.3 is 9.72 Å². The van der Waals surface area contributed by atoms with Crippen molar-refractivity contribution in [1.29, 1.82) is 0 Å². The lowest BCUT2D eigenvalue weighted by molar-refractivity contribution is 0.801. The molecule has 0 radical (unpaired) electrons. The zero-order valence-corrected chi connectivity index (χ0v) is 10.4. The monoisotopic (exact) mass is 243 g/mol. The van der Waals surface area contributed by atoms with Crippen LogP contribution in [-0.2, 0) is 0 Å². The van der Waals surface area contributed by atoms with Crippen LogP contribution in [0.2, 0.25) is 0 Å². The van der Waals surface area contributed by atoms with Gasteiger partial charge in [0.15, 0.2) is 5.65 Å². The van der Waals surface area contributed by atoms with Gasteiger partial charge in [-0.05, 0) is 13.8 Å². The maximum Gasteiger partial charge on any atom is 0.201 e. The molecule has 0 fully saturated rings. The first kappa shape index (κ1) is 10.7. The summed E-state index contributed by atoms with van der Waals surface area (Å²) in [6, 6.07) is 0. The van der Waals surface area contributed by atoms with E-state index in [1.165, 1.54) is 0 Å². The number of aromatic nitrogens is 6. The van der Waals surface area contributed by atoms with Gasteiger partial charge in [-0.25, -0.2) is 15.0 Å². The molecule has 0 saturated carbocycles. The molecule has 0 amide bonds. The van der Waals surface area contributed by atoms with E-state index < -0.39 is 0 Å². The molecule has 3 rings (SSSR count). The van der Waals surface area contributed by atoms with E-state index in [1.807, 2.05) is 37.7 Å². The van der Waals surface area contributed by atoms with Crippen LogP contribution in [0.4, 0.5) is 5.82 Å². The number of fused-ring (bicyclic) bond motifs is 1. The Labute approximate surface area is 104 Å². The smallest absolute Gasteiger partial charge is 0.201 e. The fraction of sp³-hybridized carbons (Fsp3) is 0.273. The molecule has 0 spiro atoms. The van der Waals surface area contributed by atoms with Crippen LogP contribution in [-0.4, -0.2) is 36.2 Å². The van der Waals surface area contributed by atoms with Gasteiger partial charge in [-0.1, -0.05) is 0 Å². The molecule has 3 aromatic rings. The number of aryl methyl sites for hydroxylation is 2. The molecule has 18 heavy (non-hydrogen) atoms. The molecule has 0 saturated heterocycles. The van der Waals surface area contributed by atoms with E-state index >= 15 is 0 Å². The number of rotatable bonds is 2. The molecule has 7 nitrogen and oxygen atoms in total. The second-order valence-corrected chi connectivity index (χ2v) is 3.98. The third kappa shape index (κ3) is 1.52. The first-order valence-electron chi connectivity index (χ1n) is 5.61. The first-order chi connectivity index (χ1) is 8.69. The van der Waals surface area contributed by atoms with Crippen molar-refractivity contribution in [2.75, 3.05) is 12.4 Å². The molecule has 0 aliphatic heterocycles. The summed E-state index contributed by atoms with van der Waals surface area (Å²) in [5.41, 5.74) is 0.752. The summed E-state index contributed by atoms with van der Waals surface area (Å²) in [7, 11) is 1.83. The van der Waals surface area contributed by atoms with Gasteiger partial charge in [-0.2, -0.15) is 4.68 Å². The second kappa shape index (κ2) is 3.80. The minimum absolute atomic E-state index is 0.671. The number of anilines is 1. The van der Waals surface area contributed by atoms with Crippen LogP contribution in [0.15, 0.2) is 18.6 Å². The molecule has 0 atom stereocenters. The number of imidazole rings is 1. The fourth-order valence-electron chi connectivity index (χ4n) is 1.90. The molecule has 0 unspecified atom stereocenters. The maximum absolute atomic E-state index is 4.50. The molecule has 0 aliphatic rings. The summed E-state index contributed by atoms with van der Waals surface area (Å²) in [6.45, 7) is 3.75. The Kier molecular flexibility index (Phi) is 2.26. The summed E-state index contributed by atoms with van der Waals surface area (Å²) in [5.74, 6) is 2.93. The van der Waals surface area contributed by atoms with Crippen molar-refractivity contribution in [3.05, 3.63) is 30.2 Å². The number of nitrogens with one attached hydrogen (secondary N) is 1. The van der Waals surface area contributed by atoms with E-state index in [2.05, 4.69) is 25.4 Å². The van der Waals surface area contributed by atoms with Crippen molar-refractivity contribution in [2.45, 2.75) is 13.8 Å². The third-order valence-electron chi connectivity index (χ3n) is 2.69. The van der Waals surface area contributed by atoms with Gasteiger partial charge in [-0.15, -0.1) is 5.10 Å². The topological polar surface area (TPSA) is 72.9 Å². The minimum atomic E-state index is 0.671. The highest BCUT2D eigenvalue weighted by Gasteiger charge is 2.13. The highest BCUT2D eigenvalue weighted by molar-refractivity contribution is 5.57. The van der Waals surface area contributed by atoms with E-state index in [4.69, 9.17) is 0 Å². The Morgan fingerprint density at radius 2 is 2.06 bits per heavy atom. The van der Waals surface area contributed by atoms with Crippen molar-refractivity contribution >= 4 is 11.5 Å². The summed E-state index contributed by atoms with van der Waals surface area (Å²) < 4.78 is 3.61. The van der Waals surface area contributed by atoms with Gasteiger partial charge in [0.2, 0.25) is 5.82 Å². The average Bonchev–Trinajstić information content (AvgIpc) is 2.94. The molecule has 92 valence electrons. The fourth-order valence-corrected chi connectivity index (χ4v) is 1.90. The molecule has 7 heteroatoms. The minimum Gasteiger partial charge on any atom is -0.372 e. The van der Waals surface area contributed by atoms with Crippen molar-refractivity contribution in [3.8, 4) is 5.82 Å². The Balaban J connectivity index is 2.33. The van der Waals surface area contributed by atoms with E-state index in [0.29, 0.717) is 11.6 Å². The predicted molar refractivity (Wildman–Crippen MR) is 66.9 cm³/mol. The molecular weight excluding hydrogens is 230 g/mol. The van der Waals surface area contributed by atoms with Crippen LogP contribution in [0.5, 0.6) is 0 Å². The van der Waals surface area contributed by atoms with Crippen molar-refractivity contribution < 1.29 is 0 Å². The van der Waals surface area contributed by atoms with Gasteiger partial charge in [0, 0.05) is 19.4 Å². The van der Waals surface area contributed by atoms with Gasteiger partial charge in [-0.3, -0.25) is 0 Å². The molecule has 0 bridgehead atoms. The van der Waals surface area contributed by atoms with Crippen LogP contribution >= 0.6 is 0 Å². The molecule has 0 aromatic carbocycles. The molecule has 1 N–H and O–H groups in total. The Hall–Kier alpha value is -2.44. The molecular formula is C11H13N7. The molecule has 3 heterocycles. The lowest BCUT2D eigenvalue weighted by Gasteiger charge is -2.07. The molecule has 3 aromatic heterocycles. The van der Waals surface area contributed by atoms with Gasteiger partial charge in [0.25, 0.3) is 0 Å². The summed E-state index contributed by atoms with van der Waals surface area (Å²) in [6.07, 6.45) is 5.49.